The highest BCUT2D eigenvalue weighted by molar-refractivity contribution is 5.92. The van der Waals surface area contributed by atoms with Crippen LogP contribution in [-0.4, -0.2) is 68.6 Å². The van der Waals surface area contributed by atoms with Gasteiger partial charge in [0.15, 0.2) is 5.69 Å². The third-order valence-corrected chi connectivity index (χ3v) is 5.01. The minimum Gasteiger partial charge on any atom is -0.447 e. The lowest BCUT2D eigenvalue weighted by molar-refractivity contribution is 0.0357. The number of rotatable bonds is 3. The predicted molar refractivity (Wildman–Crippen MR) is 88.3 cm³/mol. The van der Waals surface area contributed by atoms with Crippen LogP contribution in [0.2, 0.25) is 0 Å². The topological polar surface area (TPSA) is 80.6 Å². The zero-order valence-corrected chi connectivity index (χ0v) is 14.0. The highest BCUT2D eigenvalue weighted by Crippen LogP contribution is 2.32. The fourth-order valence-corrected chi connectivity index (χ4v) is 3.47. The average Bonchev–Trinajstić information content (AvgIpc) is 3.27. The van der Waals surface area contributed by atoms with Gasteiger partial charge in [-0.2, -0.15) is 0 Å². The summed E-state index contributed by atoms with van der Waals surface area (Å²) in [7, 11) is 0. The first-order valence-corrected chi connectivity index (χ1v) is 8.34. The summed E-state index contributed by atoms with van der Waals surface area (Å²) < 4.78 is 6.79. The van der Waals surface area contributed by atoms with Crippen molar-refractivity contribution in [3.05, 3.63) is 42.2 Å². The van der Waals surface area contributed by atoms with Crippen LogP contribution >= 0.6 is 0 Å². The van der Waals surface area contributed by atoms with Crippen molar-refractivity contribution < 1.29 is 14.3 Å². The molecular weight excluding hydrogens is 322 g/mol. The van der Waals surface area contributed by atoms with Crippen LogP contribution in [0.5, 0.6) is 0 Å². The number of fused-ring (bicyclic) bond motifs is 1. The highest BCUT2D eigenvalue weighted by Gasteiger charge is 2.50. The largest absolute Gasteiger partial charge is 0.447 e. The van der Waals surface area contributed by atoms with E-state index in [1.807, 2.05) is 37.3 Å². The van der Waals surface area contributed by atoms with Gasteiger partial charge in [-0.05, 0) is 18.6 Å². The van der Waals surface area contributed by atoms with E-state index in [9.17, 15) is 9.59 Å². The Morgan fingerprint density at radius 1 is 1.28 bits per heavy atom. The number of nitrogens with zero attached hydrogens (tertiary/aromatic N) is 5. The molecule has 2 fully saturated rings. The Morgan fingerprint density at radius 2 is 2.08 bits per heavy atom. The molecule has 130 valence electrons. The third kappa shape index (κ3) is 2.54. The normalized spacial score (nSPS) is 22.7. The quantitative estimate of drug-likeness (QED) is 0.841. The zero-order valence-electron chi connectivity index (χ0n) is 14.0. The molecule has 0 aliphatic carbocycles. The summed E-state index contributed by atoms with van der Waals surface area (Å²) in [5, 5.41) is 8.07. The number of hydrogen-bond donors (Lipinski definition) is 0. The maximum Gasteiger partial charge on any atom is 0.410 e. The van der Waals surface area contributed by atoms with Crippen molar-refractivity contribution in [3.63, 3.8) is 0 Å². The number of ether oxygens (including phenoxy) is 1. The summed E-state index contributed by atoms with van der Waals surface area (Å²) in [6.07, 6.45) is 2.09. The van der Waals surface area contributed by atoms with Crippen LogP contribution < -0.4 is 0 Å². The number of carbonyl (C=O) groups is 2. The fraction of sp³-hybridized carbons (Fsp3) is 0.412. The van der Waals surface area contributed by atoms with Crippen LogP contribution in [-0.2, 0) is 4.74 Å². The van der Waals surface area contributed by atoms with Gasteiger partial charge in [0.2, 0.25) is 0 Å². The molecule has 8 heteroatoms. The van der Waals surface area contributed by atoms with Gasteiger partial charge in [-0.1, -0.05) is 30.3 Å². The van der Waals surface area contributed by atoms with Gasteiger partial charge in [-0.25, -0.2) is 9.48 Å². The molecule has 4 rings (SSSR count). The van der Waals surface area contributed by atoms with Crippen molar-refractivity contribution in [2.24, 2.45) is 0 Å². The van der Waals surface area contributed by atoms with Crippen LogP contribution in [0.25, 0.3) is 5.69 Å². The number of carbonyl (C=O) groups excluding carboxylic acids is 2. The number of amides is 2. The highest BCUT2D eigenvalue weighted by atomic mass is 16.6. The van der Waals surface area contributed by atoms with E-state index in [-0.39, 0.29) is 12.0 Å². The van der Waals surface area contributed by atoms with E-state index >= 15 is 0 Å². The Bertz CT molecular complexity index is 806. The molecule has 1 unspecified atom stereocenters. The number of cyclic esters (lactones) is 1. The predicted octanol–water partition coefficient (Wildman–Crippen LogP) is 1.32. The number of aromatic nitrogens is 3. The van der Waals surface area contributed by atoms with Crippen molar-refractivity contribution >= 4 is 12.0 Å². The first kappa shape index (κ1) is 15.6. The second kappa shape index (κ2) is 5.87. The van der Waals surface area contributed by atoms with Crippen molar-refractivity contribution in [2.45, 2.75) is 18.9 Å². The molecule has 0 saturated carbocycles. The molecule has 1 atom stereocenters. The van der Waals surface area contributed by atoms with Gasteiger partial charge in [0, 0.05) is 19.6 Å². The van der Waals surface area contributed by atoms with E-state index in [1.54, 1.807) is 20.7 Å². The third-order valence-electron chi connectivity index (χ3n) is 5.01. The van der Waals surface area contributed by atoms with Crippen LogP contribution in [0.4, 0.5) is 4.79 Å². The molecule has 25 heavy (non-hydrogen) atoms. The second-order valence-corrected chi connectivity index (χ2v) is 6.39. The van der Waals surface area contributed by atoms with Gasteiger partial charge in [0.25, 0.3) is 5.91 Å². The first-order chi connectivity index (χ1) is 12.1. The van der Waals surface area contributed by atoms with Gasteiger partial charge in [0.05, 0.1) is 17.4 Å². The lowest BCUT2D eigenvalue weighted by Gasteiger charge is -2.43. The van der Waals surface area contributed by atoms with E-state index < -0.39 is 5.54 Å². The molecule has 2 aliphatic heterocycles. The van der Waals surface area contributed by atoms with Crippen molar-refractivity contribution in [2.75, 3.05) is 26.2 Å². The zero-order chi connectivity index (χ0) is 17.4. The van der Waals surface area contributed by atoms with Crippen LogP contribution in [0.3, 0.4) is 0 Å². The molecular formula is C17H19N5O3. The summed E-state index contributed by atoms with van der Waals surface area (Å²) in [6, 6.07) is 9.52. The van der Waals surface area contributed by atoms with Gasteiger partial charge < -0.3 is 9.64 Å². The SMILES string of the molecule is CCC12COC(=O)N1CCN(C(=O)c1cn(-c3ccccc3)nn1)C2. The van der Waals surface area contributed by atoms with Gasteiger partial charge in [-0.15, -0.1) is 5.10 Å². The molecule has 1 aromatic carbocycles. The summed E-state index contributed by atoms with van der Waals surface area (Å²) in [5.74, 6) is -0.172. The standard InChI is InChI=1S/C17H19N5O3/c1-2-17-11-20(8-9-21(17)16(24)25-12-17)15(23)14-10-22(19-18-14)13-6-4-3-5-7-13/h3-7,10H,2,8-9,11-12H2,1H3. The molecule has 2 amide bonds. The molecule has 1 aromatic heterocycles. The van der Waals surface area contributed by atoms with Gasteiger partial charge >= 0.3 is 6.09 Å². The molecule has 0 N–H and O–H groups in total. The number of para-hydroxylation sites is 1. The van der Waals surface area contributed by atoms with Crippen LogP contribution in [0, 0.1) is 0 Å². The molecule has 0 spiro atoms. The van der Waals surface area contributed by atoms with E-state index in [4.69, 9.17) is 4.74 Å². The minimum atomic E-state index is -0.430. The summed E-state index contributed by atoms with van der Waals surface area (Å²) in [6.45, 7) is 3.73. The van der Waals surface area contributed by atoms with Crippen molar-refractivity contribution in [3.8, 4) is 5.69 Å². The fourth-order valence-electron chi connectivity index (χ4n) is 3.47. The van der Waals surface area contributed by atoms with Crippen LogP contribution in [0.15, 0.2) is 36.5 Å². The summed E-state index contributed by atoms with van der Waals surface area (Å²) in [4.78, 5) is 28.2. The van der Waals surface area contributed by atoms with E-state index in [0.717, 1.165) is 12.1 Å². The Kier molecular flexibility index (Phi) is 3.67. The Morgan fingerprint density at radius 3 is 2.84 bits per heavy atom. The molecule has 0 bridgehead atoms. The lowest BCUT2D eigenvalue weighted by Crippen LogP contribution is -2.62. The maximum absolute atomic E-state index is 12.8. The van der Waals surface area contributed by atoms with Crippen molar-refractivity contribution in [1.29, 1.82) is 0 Å². The van der Waals surface area contributed by atoms with E-state index in [0.29, 0.717) is 31.9 Å². The lowest BCUT2D eigenvalue weighted by atomic mass is 9.93. The summed E-state index contributed by atoms with van der Waals surface area (Å²) in [5.41, 5.74) is 0.716. The number of piperazine rings is 1. The molecule has 2 saturated heterocycles. The Labute approximate surface area is 145 Å². The number of benzene rings is 1. The maximum atomic E-state index is 12.8. The second-order valence-electron chi connectivity index (χ2n) is 6.39. The average molecular weight is 341 g/mol. The Hall–Kier alpha value is -2.90. The summed E-state index contributed by atoms with van der Waals surface area (Å²) >= 11 is 0. The van der Waals surface area contributed by atoms with Gasteiger partial charge in [-0.3, -0.25) is 9.69 Å². The monoisotopic (exact) mass is 341 g/mol. The smallest absolute Gasteiger partial charge is 0.410 e. The Balaban J connectivity index is 1.54. The minimum absolute atomic E-state index is 0.172. The van der Waals surface area contributed by atoms with Crippen molar-refractivity contribution in [1.82, 2.24) is 24.8 Å². The molecule has 2 aromatic rings. The van der Waals surface area contributed by atoms with E-state index in [1.165, 1.54) is 0 Å². The number of hydrogen-bond acceptors (Lipinski definition) is 5. The van der Waals surface area contributed by atoms with Crippen LogP contribution in [0.1, 0.15) is 23.8 Å². The van der Waals surface area contributed by atoms with Gasteiger partial charge in [0.1, 0.15) is 6.61 Å². The first-order valence-electron chi connectivity index (χ1n) is 8.34. The molecule has 0 radical (unpaired) electrons. The molecule has 3 heterocycles. The molecule has 8 nitrogen and oxygen atoms in total. The van der Waals surface area contributed by atoms with E-state index in [2.05, 4.69) is 10.3 Å². The molecule has 2 aliphatic rings.